The summed E-state index contributed by atoms with van der Waals surface area (Å²) in [4.78, 5) is 24.3. The van der Waals surface area contributed by atoms with Gasteiger partial charge in [-0.15, -0.1) is 0 Å². The number of nitrogens with zero attached hydrogens (tertiary/aromatic N) is 2. The lowest BCUT2D eigenvalue weighted by Gasteiger charge is -2.08. The number of halogens is 1. The van der Waals surface area contributed by atoms with Crippen LogP contribution in [0.2, 0.25) is 0 Å². The molecule has 0 aliphatic rings. The first-order valence-electron chi connectivity index (χ1n) is 7.44. The zero-order chi connectivity index (χ0) is 17.8. The number of carbonyl (C=O) groups is 1. The van der Waals surface area contributed by atoms with Gasteiger partial charge < -0.3 is 10.4 Å². The van der Waals surface area contributed by atoms with Crippen LogP contribution < -0.4 is 10.9 Å². The molecule has 0 aliphatic carbocycles. The highest BCUT2D eigenvalue weighted by molar-refractivity contribution is 6.02. The lowest BCUT2D eigenvalue weighted by molar-refractivity contribution is 0.102. The van der Waals surface area contributed by atoms with Crippen LogP contribution in [0.25, 0.3) is 5.69 Å². The predicted molar refractivity (Wildman–Crippen MR) is 90.1 cm³/mol. The summed E-state index contributed by atoms with van der Waals surface area (Å²) < 4.78 is 14.1. The van der Waals surface area contributed by atoms with Gasteiger partial charge in [-0.2, -0.15) is 9.78 Å². The van der Waals surface area contributed by atoms with E-state index in [2.05, 4.69) is 10.4 Å². The molecule has 0 saturated carbocycles. The first-order chi connectivity index (χ1) is 12.1. The average molecular weight is 339 g/mol. The Bertz CT molecular complexity index is 968. The fourth-order valence-electron chi connectivity index (χ4n) is 2.24. The van der Waals surface area contributed by atoms with E-state index in [0.717, 1.165) is 4.68 Å². The molecule has 1 heterocycles. The van der Waals surface area contributed by atoms with Crippen molar-refractivity contribution in [1.82, 2.24) is 9.78 Å². The van der Waals surface area contributed by atoms with Crippen molar-refractivity contribution in [2.75, 3.05) is 5.32 Å². The summed E-state index contributed by atoms with van der Waals surface area (Å²) in [5.41, 5.74) is 1.09. The second-order valence-corrected chi connectivity index (χ2v) is 5.26. The molecule has 126 valence electrons. The molecule has 0 saturated heterocycles. The third kappa shape index (κ3) is 3.78. The molecule has 3 rings (SSSR count). The van der Waals surface area contributed by atoms with Crippen LogP contribution in [-0.4, -0.2) is 20.8 Å². The number of aliphatic hydroxyl groups excluding tert-OH is 1. The maximum Gasteiger partial charge on any atom is 0.276 e. The summed E-state index contributed by atoms with van der Waals surface area (Å²) in [5, 5.41) is 15.8. The van der Waals surface area contributed by atoms with Gasteiger partial charge in [-0.25, -0.2) is 4.39 Å². The summed E-state index contributed by atoms with van der Waals surface area (Å²) in [7, 11) is 0. The van der Waals surface area contributed by atoms with E-state index >= 15 is 0 Å². The molecule has 25 heavy (non-hydrogen) atoms. The van der Waals surface area contributed by atoms with E-state index in [-0.39, 0.29) is 12.3 Å². The number of anilines is 1. The smallest absolute Gasteiger partial charge is 0.276 e. The van der Waals surface area contributed by atoms with Crippen molar-refractivity contribution < 1.29 is 14.3 Å². The van der Waals surface area contributed by atoms with Crippen molar-refractivity contribution >= 4 is 11.6 Å². The molecule has 3 aromatic rings. The zero-order valence-electron chi connectivity index (χ0n) is 13.0. The number of amides is 1. The Morgan fingerprint density at radius 3 is 2.60 bits per heavy atom. The van der Waals surface area contributed by atoms with Crippen molar-refractivity contribution in [3.05, 3.63) is 88.1 Å². The van der Waals surface area contributed by atoms with Crippen LogP contribution in [-0.2, 0) is 6.61 Å². The maximum atomic E-state index is 13.0. The highest BCUT2D eigenvalue weighted by Gasteiger charge is 2.11. The van der Waals surface area contributed by atoms with Crippen molar-refractivity contribution in [2.45, 2.75) is 6.61 Å². The molecule has 2 N–H and O–H groups in total. The molecule has 1 aromatic heterocycles. The Hall–Kier alpha value is -3.32. The SMILES string of the molecule is O=C(Nc1cccc(CO)c1)c1ccc(=O)n(-c2ccc(F)cc2)n1. The van der Waals surface area contributed by atoms with Crippen LogP contribution in [0.5, 0.6) is 0 Å². The van der Waals surface area contributed by atoms with E-state index in [9.17, 15) is 14.0 Å². The second-order valence-electron chi connectivity index (χ2n) is 5.26. The van der Waals surface area contributed by atoms with E-state index < -0.39 is 17.3 Å². The quantitative estimate of drug-likeness (QED) is 0.762. The van der Waals surface area contributed by atoms with Crippen LogP contribution in [0.15, 0.2) is 65.5 Å². The molecule has 0 radical (unpaired) electrons. The maximum absolute atomic E-state index is 13.0. The van der Waals surface area contributed by atoms with E-state index in [1.807, 2.05) is 0 Å². The van der Waals surface area contributed by atoms with Crippen molar-refractivity contribution in [2.24, 2.45) is 0 Å². The minimum Gasteiger partial charge on any atom is -0.392 e. The molecule has 1 amide bonds. The van der Waals surface area contributed by atoms with Crippen molar-refractivity contribution in [3.8, 4) is 5.69 Å². The molecular formula is C18H14FN3O3. The highest BCUT2D eigenvalue weighted by atomic mass is 19.1. The number of aromatic nitrogens is 2. The highest BCUT2D eigenvalue weighted by Crippen LogP contribution is 2.12. The first kappa shape index (κ1) is 16.5. The van der Waals surface area contributed by atoms with E-state index in [0.29, 0.717) is 16.9 Å². The number of benzene rings is 2. The van der Waals surface area contributed by atoms with E-state index in [4.69, 9.17) is 5.11 Å². The molecule has 0 bridgehead atoms. The number of rotatable bonds is 4. The summed E-state index contributed by atoms with van der Waals surface area (Å²) in [6.45, 7) is -0.141. The zero-order valence-corrected chi connectivity index (χ0v) is 13.0. The van der Waals surface area contributed by atoms with Gasteiger partial charge in [0.2, 0.25) is 0 Å². The average Bonchev–Trinajstić information content (AvgIpc) is 2.63. The van der Waals surface area contributed by atoms with Gasteiger partial charge in [0, 0.05) is 11.8 Å². The molecule has 2 aromatic carbocycles. The summed E-state index contributed by atoms with van der Waals surface area (Å²) in [6, 6.07) is 14.5. The predicted octanol–water partition coefficient (Wildman–Crippen LogP) is 2.12. The normalized spacial score (nSPS) is 10.5. The van der Waals surface area contributed by atoms with Gasteiger partial charge in [0.25, 0.3) is 11.5 Å². The number of nitrogens with one attached hydrogen (secondary N) is 1. The van der Waals surface area contributed by atoms with Crippen LogP contribution in [0.3, 0.4) is 0 Å². The van der Waals surface area contributed by atoms with E-state index in [1.54, 1.807) is 24.3 Å². The first-order valence-corrected chi connectivity index (χ1v) is 7.44. The minimum atomic E-state index is -0.508. The summed E-state index contributed by atoms with van der Waals surface area (Å²) in [5.74, 6) is -0.944. The van der Waals surface area contributed by atoms with Gasteiger partial charge in [0.05, 0.1) is 12.3 Å². The fourth-order valence-corrected chi connectivity index (χ4v) is 2.24. The molecular weight excluding hydrogens is 325 g/mol. The lowest BCUT2D eigenvalue weighted by atomic mass is 10.2. The van der Waals surface area contributed by atoms with Gasteiger partial charge in [-0.3, -0.25) is 9.59 Å². The Labute approximate surface area is 142 Å². The van der Waals surface area contributed by atoms with E-state index in [1.165, 1.54) is 36.4 Å². The molecule has 0 aliphatic heterocycles. The third-order valence-corrected chi connectivity index (χ3v) is 3.47. The Kier molecular flexibility index (Phi) is 4.67. The molecule has 0 unspecified atom stereocenters. The van der Waals surface area contributed by atoms with Crippen LogP contribution in [0, 0.1) is 5.82 Å². The number of carbonyl (C=O) groups excluding carboxylic acids is 1. The fraction of sp³-hybridized carbons (Fsp3) is 0.0556. The Morgan fingerprint density at radius 2 is 1.88 bits per heavy atom. The summed E-state index contributed by atoms with van der Waals surface area (Å²) in [6.07, 6.45) is 0. The van der Waals surface area contributed by atoms with Crippen LogP contribution in [0.1, 0.15) is 16.1 Å². The summed E-state index contributed by atoms with van der Waals surface area (Å²) >= 11 is 0. The monoisotopic (exact) mass is 339 g/mol. The topological polar surface area (TPSA) is 84.2 Å². The molecule has 7 heteroatoms. The molecule has 0 fully saturated rings. The minimum absolute atomic E-state index is 0.0262. The van der Waals surface area contributed by atoms with Gasteiger partial charge in [-0.05, 0) is 48.0 Å². The largest absolute Gasteiger partial charge is 0.392 e. The van der Waals surface area contributed by atoms with Crippen LogP contribution >= 0.6 is 0 Å². The van der Waals surface area contributed by atoms with Crippen molar-refractivity contribution in [1.29, 1.82) is 0 Å². The van der Waals surface area contributed by atoms with Gasteiger partial charge in [0.15, 0.2) is 0 Å². The van der Waals surface area contributed by atoms with Gasteiger partial charge in [0.1, 0.15) is 11.5 Å². The lowest BCUT2D eigenvalue weighted by Crippen LogP contribution is -2.24. The second kappa shape index (κ2) is 7.06. The van der Waals surface area contributed by atoms with Gasteiger partial charge in [-0.1, -0.05) is 12.1 Å². The number of hydrogen-bond acceptors (Lipinski definition) is 4. The Morgan fingerprint density at radius 1 is 1.12 bits per heavy atom. The third-order valence-electron chi connectivity index (χ3n) is 3.47. The van der Waals surface area contributed by atoms with Crippen molar-refractivity contribution in [3.63, 3.8) is 0 Å². The molecule has 0 spiro atoms. The number of hydrogen-bond donors (Lipinski definition) is 2. The van der Waals surface area contributed by atoms with Gasteiger partial charge >= 0.3 is 0 Å². The van der Waals surface area contributed by atoms with Crippen LogP contribution in [0.4, 0.5) is 10.1 Å². The molecule has 0 atom stereocenters. The number of aliphatic hydroxyl groups is 1. The standard InChI is InChI=1S/C18H14FN3O3/c19-13-4-6-15(7-5-13)22-17(24)9-8-16(21-22)18(25)20-14-3-1-2-12(10-14)11-23/h1-10,23H,11H2,(H,20,25). The Balaban J connectivity index is 1.89. The molecule has 6 nitrogen and oxygen atoms in total.